The van der Waals surface area contributed by atoms with E-state index in [9.17, 15) is 8.42 Å². The second-order valence-electron chi connectivity index (χ2n) is 4.28. The Hall–Kier alpha value is -0.690. The summed E-state index contributed by atoms with van der Waals surface area (Å²) < 4.78 is 26.1. The molecule has 1 aromatic rings. The Kier molecular flexibility index (Phi) is 5.32. The summed E-state index contributed by atoms with van der Waals surface area (Å²) in [5.74, 6) is 0. The molecule has 0 amide bonds. The van der Waals surface area contributed by atoms with Crippen molar-refractivity contribution in [2.24, 2.45) is 5.73 Å². The molecule has 0 radical (unpaired) electrons. The van der Waals surface area contributed by atoms with E-state index < -0.39 is 10.0 Å². The van der Waals surface area contributed by atoms with E-state index in [0.29, 0.717) is 5.56 Å². The van der Waals surface area contributed by atoms with E-state index in [1.54, 1.807) is 7.05 Å². The molecule has 0 aromatic heterocycles. The minimum absolute atomic E-state index is 0.0842. The Bertz CT molecular complexity index is 587. The maximum atomic E-state index is 12.4. The van der Waals surface area contributed by atoms with Gasteiger partial charge in [-0.15, -0.1) is 0 Å². The lowest BCUT2D eigenvalue weighted by Gasteiger charge is -2.23. The highest BCUT2D eigenvalue weighted by Gasteiger charge is 2.25. The zero-order valence-corrected chi connectivity index (χ0v) is 13.4. The van der Waals surface area contributed by atoms with Gasteiger partial charge in [-0.25, -0.2) is 8.42 Å². The molecule has 1 aromatic carbocycles. The lowest BCUT2D eigenvalue weighted by atomic mass is 10.2. The molecule has 0 aliphatic rings. The van der Waals surface area contributed by atoms with Crippen molar-refractivity contribution in [3.05, 3.63) is 28.8 Å². The number of thiocarbonyl (C=S) groups is 1. The second kappa shape index (κ2) is 6.17. The third kappa shape index (κ3) is 3.45. The summed E-state index contributed by atoms with van der Waals surface area (Å²) in [6, 6.07) is 4.29. The van der Waals surface area contributed by atoms with Crippen LogP contribution in [0.2, 0.25) is 5.02 Å². The number of nitrogens with zero attached hydrogens (tertiary/aromatic N) is 1. The van der Waals surface area contributed by atoms with E-state index in [2.05, 4.69) is 0 Å². The largest absolute Gasteiger partial charge is 0.389 e. The molecule has 0 aliphatic heterocycles. The van der Waals surface area contributed by atoms with Crippen molar-refractivity contribution >= 4 is 38.8 Å². The number of hydrogen-bond acceptors (Lipinski definition) is 3. The summed E-state index contributed by atoms with van der Waals surface area (Å²) in [4.78, 5) is 0.282. The van der Waals surface area contributed by atoms with Crippen molar-refractivity contribution in [2.45, 2.75) is 31.2 Å². The van der Waals surface area contributed by atoms with Crippen LogP contribution < -0.4 is 5.73 Å². The van der Waals surface area contributed by atoms with E-state index in [1.807, 2.05) is 13.8 Å². The first-order valence-electron chi connectivity index (χ1n) is 5.79. The second-order valence-corrected chi connectivity index (χ2v) is 7.13. The normalized spacial score (nSPS) is 13.5. The zero-order valence-electron chi connectivity index (χ0n) is 11.1. The molecule has 0 fully saturated rings. The highest BCUT2D eigenvalue weighted by molar-refractivity contribution is 7.89. The van der Waals surface area contributed by atoms with Crippen LogP contribution in [0.25, 0.3) is 0 Å². The molecule has 0 saturated carbocycles. The van der Waals surface area contributed by atoms with E-state index >= 15 is 0 Å². The summed E-state index contributed by atoms with van der Waals surface area (Å²) in [6.45, 7) is 3.78. The molecule has 1 atom stereocenters. The Morgan fingerprint density at radius 3 is 2.53 bits per heavy atom. The molecular formula is C12H17ClN2O2S2. The molecule has 0 saturated heterocycles. The minimum Gasteiger partial charge on any atom is -0.389 e. The van der Waals surface area contributed by atoms with Crippen molar-refractivity contribution < 1.29 is 8.42 Å². The summed E-state index contributed by atoms with van der Waals surface area (Å²) >= 11 is 10.8. The molecule has 19 heavy (non-hydrogen) atoms. The van der Waals surface area contributed by atoms with Crippen LogP contribution in [0.5, 0.6) is 0 Å². The number of rotatable bonds is 5. The van der Waals surface area contributed by atoms with Crippen molar-refractivity contribution in [1.82, 2.24) is 4.31 Å². The fourth-order valence-electron chi connectivity index (χ4n) is 1.52. The van der Waals surface area contributed by atoms with Gasteiger partial charge >= 0.3 is 0 Å². The first-order chi connectivity index (χ1) is 8.71. The average Bonchev–Trinajstić information content (AvgIpc) is 2.36. The smallest absolute Gasteiger partial charge is 0.243 e. The maximum Gasteiger partial charge on any atom is 0.243 e. The Balaban J connectivity index is 3.24. The molecule has 0 heterocycles. The lowest BCUT2D eigenvalue weighted by Crippen LogP contribution is -2.34. The predicted octanol–water partition coefficient (Wildman–Crippen LogP) is 2.39. The topological polar surface area (TPSA) is 63.4 Å². The van der Waals surface area contributed by atoms with E-state index in [0.717, 1.165) is 6.42 Å². The first-order valence-corrected chi connectivity index (χ1v) is 8.01. The molecule has 0 aliphatic carbocycles. The molecular weight excluding hydrogens is 304 g/mol. The standard InChI is InChI=1S/C12H17ClN2O2S2/c1-4-8(2)15(3)19(16,17)9-5-6-10(12(14)18)11(13)7-9/h5-8H,4H2,1-3H3,(H2,14,18). The van der Waals surface area contributed by atoms with Gasteiger partial charge in [0, 0.05) is 18.7 Å². The number of benzene rings is 1. The van der Waals surface area contributed by atoms with Gasteiger partial charge in [-0.3, -0.25) is 0 Å². The molecule has 106 valence electrons. The molecule has 2 N–H and O–H groups in total. The lowest BCUT2D eigenvalue weighted by molar-refractivity contribution is 0.380. The summed E-state index contributed by atoms with van der Waals surface area (Å²) in [5.41, 5.74) is 5.96. The SMILES string of the molecule is CCC(C)N(C)S(=O)(=O)c1ccc(C(N)=S)c(Cl)c1. The van der Waals surface area contributed by atoms with Crippen LogP contribution in [-0.4, -0.2) is 30.8 Å². The van der Waals surface area contributed by atoms with E-state index in [4.69, 9.17) is 29.6 Å². The highest BCUT2D eigenvalue weighted by atomic mass is 35.5. The van der Waals surface area contributed by atoms with Gasteiger partial charge in [0.1, 0.15) is 4.99 Å². The van der Waals surface area contributed by atoms with Gasteiger partial charge in [0.05, 0.1) is 9.92 Å². The zero-order chi connectivity index (χ0) is 14.8. The van der Waals surface area contributed by atoms with Crippen LogP contribution in [-0.2, 0) is 10.0 Å². The highest BCUT2D eigenvalue weighted by Crippen LogP contribution is 2.24. The number of hydrogen-bond donors (Lipinski definition) is 1. The van der Waals surface area contributed by atoms with Gasteiger partial charge in [-0.05, 0) is 31.5 Å². The number of sulfonamides is 1. The van der Waals surface area contributed by atoms with Crippen molar-refractivity contribution in [3.63, 3.8) is 0 Å². The summed E-state index contributed by atoms with van der Waals surface area (Å²) in [7, 11) is -2.00. The average molecular weight is 321 g/mol. The van der Waals surface area contributed by atoms with Crippen LogP contribution >= 0.6 is 23.8 Å². The predicted molar refractivity (Wildman–Crippen MR) is 82.0 cm³/mol. The monoisotopic (exact) mass is 320 g/mol. The molecule has 4 nitrogen and oxygen atoms in total. The van der Waals surface area contributed by atoms with Gasteiger partial charge in [0.2, 0.25) is 10.0 Å². The molecule has 1 rings (SSSR count). The quantitative estimate of drug-likeness (QED) is 0.846. The van der Waals surface area contributed by atoms with Crippen LogP contribution in [0, 0.1) is 0 Å². The number of halogens is 1. The van der Waals surface area contributed by atoms with Gasteiger partial charge in [-0.1, -0.05) is 30.7 Å². The third-order valence-electron chi connectivity index (χ3n) is 3.09. The van der Waals surface area contributed by atoms with Crippen molar-refractivity contribution in [3.8, 4) is 0 Å². The minimum atomic E-state index is -3.55. The van der Waals surface area contributed by atoms with Crippen molar-refractivity contribution in [2.75, 3.05) is 7.05 Å². The maximum absolute atomic E-state index is 12.4. The Labute approximate surface area is 124 Å². The summed E-state index contributed by atoms with van der Waals surface area (Å²) in [6.07, 6.45) is 0.731. The van der Waals surface area contributed by atoms with E-state index in [-0.39, 0.29) is 20.9 Å². The third-order valence-corrected chi connectivity index (χ3v) is 5.59. The first kappa shape index (κ1) is 16.4. The number of nitrogens with two attached hydrogens (primary N) is 1. The van der Waals surface area contributed by atoms with Crippen LogP contribution in [0.4, 0.5) is 0 Å². The van der Waals surface area contributed by atoms with Gasteiger partial charge in [0.25, 0.3) is 0 Å². The van der Waals surface area contributed by atoms with Gasteiger partial charge < -0.3 is 5.73 Å². The van der Waals surface area contributed by atoms with Crippen LogP contribution in [0.15, 0.2) is 23.1 Å². The molecule has 0 spiro atoms. The summed E-state index contributed by atoms with van der Waals surface area (Å²) in [5, 5.41) is 0.242. The van der Waals surface area contributed by atoms with Gasteiger partial charge in [-0.2, -0.15) is 4.31 Å². The fraction of sp³-hybridized carbons (Fsp3) is 0.417. The van der Waals surface area contributed by atoms with Crippen molar-refractivity contribution in [1.29, 1.82) is 0 Å². The van der Waals surface area contributed by atoms with E-state index in [1.165, 1.54) is 22.5 Å². The Morgan fingerprint density at radius 1 is 1.53 bits per heavy atom. The van der Waals surface area contributed by atoms with Crippen LogP contribution in [0.1, 0.15) is 25.8 Å². The fourth-order valence-corrected chi connectivity index (χ4v) is 3.56. The van der Waals surface area contributed by atoms with Gasteiger partial charge in [0.15, 0.2) is 0 Å². The molecule has 0 bridgehead atoms. The molecule has 7 heteroatoms. The molecule has 1 unspecified atom stereocenters. The van der Waals surface area contributed by atoms with Crippen LogP contribution in [0.3, 0.4) is 0 Å². The Morgan fingerprint density at radius 2 is 2.11 bits per heavy atom.